The molecule has 0 saturated carbocycles. The Morgan fingerprint density at radius 1 is 1.42 bits per heavy atom. The van der Waals surface area contributed by atoms with Crippen LogP contribution in [0, 0.1) is 0 Å². The molecule has 3 heterocycles. The molecular formula is C12H19NO5S. The molecule has 3 aliphatic rings. The SMILES string of the molecule is CC(=O)N[C@@H]1C2OC(CO)(CS2)C2OC(C)(C)OC21. The smallest absolute Gasteiger partial charge is 0.217 e. The summed E-state index contributed by atoms with van der Waals surface area (Å²) in [7, 11) is 0. The van der Waals surface area contributed by atoms with Gasteiger partial charge in [-0.15, -0.1) is 11.8 Å². The van der Waals surface area contributed by atoms with Crippen molar-refractivity contribution < 1.29 is 24.1 Å². The van der Waals surface area contributed by atoms with Gasteiger partial charge in [-0.3, -0.25) is 4.79 Å². The molecule has 7 heteroatoms. The zero-order valence-electron chi connectivity index (χ0n) is 11.2. The molecule has 0 spiro atoms. The number of thioether (sulfide) groups is 1. The monoisotopic (exact) mass is 289 g/mol. The highest BCUT2D eigenvalue weighted by Gasteiger charge is 2.65. The first-order valence-corrected chi connectivity index (χ1v) is 7.45. The number of amides is 1. The van der Waals surface area contributed by atoms with Crippen LogP contribution in [0.25, 0.3) is 0 Å². The molecule has 5 atom stereocenters. The second kappa shape index (κ2) is 4.33. The predicted molar refractivity (Wildman–Crippen MR) is 68.6 cm³/mol. The van der Waals surface area contributed by atoms with Crippen LogP contribution in [0.5, 0.6) is 0 Å². The van der Waals surface area contributed by atoms with Gasteiger partial charge in [0.15, 0.2) is 5.79 Å². The Kier molecular flexibility index (Phi) is 3.10. The van der Waals surface area contributed by atoms with Crippen LogP contribution in [-0.4, -0.2) is 58.4 Å². The molecule has 6 nitrogen and oxygen atoms in total. The Balaban J connectivity index is 1.92. The van der Waals surface area contributed by atoms with Crippen LogP contribution in [-0.2, 0) is 19.0 Å². The van der Waals surface area contributed by atoms with E-state index < -0.39 is 11.4 Å². The molecule has 0 aliphatic carbocycles. The average Bonchev–Trinajstić information content (AvgIpc) is 2.85. The van der Waals surface area contributed by atoms with Crippen molar-refractivity contribution in [1.29, 1.82) is 0 Å². The summed E-state index contributed by atoms with van der Waals surface area (Å²) in [6, 6.07) is -0.253. The van der Waals surface area contributed by atoms with E-state index in [-0.39, 0.29) is 36.2 Å². The maximum absolute atomic E-state index is 11.4. The average molecular weight is 289 g/mol. The molecule has 3 fully saturated rings. The molecule has 3 aliphatic heterocycles. The molecule has 4 unspecified atom stereocenters. The van der Waals surface area contributed by atoms with Gasteiger partial charge in [0.25, 0.3) is 0 Å². The van der Waals surface area contributed by atoms with Gasteiger partial charge < -0.3 is 24.6 Å². The lowest BCUT2D eigenvalue weighted by Crippen LogP contribution is -2.65. The van der Waals surface area contributed by atoms with Gasteiger partial charge in [-0.25, -0.2) is 0 Å². The number of aliphatic hydroxyl groups is 1. The first-order chi connectivity index (χ1) is 8.87. The van der Waals surface area contributed by atoms with Crippen molar-refractivity contribution >= 4 is 17.7 Å². The van der Waals surface area contributed by atoms with Gasteiger partial charge in [0.2, 0.25) is 5.91 Å². The predicted octanol–water partition coefficient (Wildman–Crippen LogP) is -0.155. The number of nitrogens with one attached hydrogen (secondary N) is 1. The Labute approximate surface area is 116 Å². The maximum atomic E-state index is 11.4. The second-order valence-electron chi connectivity index (χ2n) is 5.77. The minimum absolute atomic E-state index is 0.107. The van der Waals surface area contributed by atoms with Crippen LogP contribution < -0.4 is 5.32 Å². The molecule has 108 valence electrons. The summed E-state index contributed by atoms with van der Waals surface area (Å²) in [6.07, 6.45) is -0.657. The van der Waals surface area contributed by atoms with Crippen molar-refractivity contribution in [3.05, 3.63) is 0 Å². The number of fused-ring (bicyclic) bond motifs is 4. The highest BCUT2D eigenvalue weighted by Crippen LogP contribution is 2.50. The van der Waals surface area contributed by atoms with E-state index in [0.29, 0.717) is 5.75 Å². The number of aliphatic hydroxyl groups excluding tert-OH is 1. The Morgan fingerprint density at radius 2 is 2.16 bits per heavy atom. The van der Waals surface area contributed by atoms with Crippen molar-refractivity contribution in [3.8, 4) is 0 Å². The zero-order chi connectivity index (χ0) is 13.8. The zero-order valence-corrected chi connectivity index (χ0v) is 12.0. The van der Waals surface area contributed by atoms with Crippen molar-refractivity contribution in [1.82, 2.24) is 5.32 Å². The summed E-state index contributed by atoms with van der Waals surface area (Å²) in [6.45, 7) is 5.04. The molecule has 19 heavy (non-hydrogen) atoms. The fraction of sp³-hybridized carbons (Fsp3) is 0.917. The fourth-order valence-corrected chi connectivity index (χ4v) is 4.48. The second-order valence-corrected chi connectivity index (χ2v) is 6.85. The number of hydrogen-bond acceptors (Lipinski definition) is 6. The number of rotatable bonds is 2. The summed E-state index contributed by atoms with van der Waals surface area (Å²) in [5, 5.41) is 12.6. The molecule has 0 aromatic rings. The minimum Gasteiger partial charge on any atom is -0.393 e. The van der Waals surface area contributed by atoms with Crippen LogP contribution >= 0.6 is 11.8 Å². The highest BCUT2D eigenvalue weighted by molar-refractivity contribution is 8.00. The molecule has 0 radical (unpaired) electrons. The standard InChI is InChI=1S/C12H19NO5S/c1-6(15)13-7-8-9(17-11(2,3)16-8)12(4-14)5-19-10(7)18-12/h7-10,14H,4-5H2,1-3H3,(H,13,15)/t7-,8?,9?,10?,12?/m0/s1. The third kappa shape index (κ3) is 2.08. The molecular weight excluding hydrogens is 270 g/mol. The van der Waals surface area contributed by atoms with E-state index in [2.05, 4.69) is 5.32 Å². The van der Waals surface area contributed by atoms with Crippen LogP contribution in [0.2, 0.25) is 0 Å². The van der Waals surface area contributed by atoms with Gasteiger partial charge in [-0.2, -0.15) is 0 Å². The Morgan fingerprint density at radius 3 is 2.79 bits per heavy atom. The normalized spacial score (nSPS) is 46.9. The molecule has 3 saturated heterocycles. The molecule has 3 rings (SSSR count). The van der Waals surface area contributed by atoms with E-state index >= 15 is 0 Å². The summed E-state index contributed by atoms with van der Waals surface area (Å²) in [4.78, 5) is 11.4. The quantitative estimate of drug-likeness (QED) is 0.736. The minimum atomic E-state index is -0.729. The lowest BCUT2D eigenvalue weighted by atomic mass is 9.88. The first kappa shape index (κ1) is 13.6. The third-order valence-electron chi connectivity index (χ3n) is 3.78. The van der Waals surface area contributed by atoms with Gasteiger partial charge in [0, 0.05) is 12.7 Å². The van der Waals surface area contributed by atoms with Crippen LogP contribution in [0.1, 0.15) is 20.8 Å². The Bertz CT molecular complexity index is 404. The van der Waals surface area contributed by atoms with Crippen molar-refractivity contribution in [2.24, 2.45) is 0 Å². The van der Waals surface area contributed by atoms with Gasteiger partial charge in [-0.05, 0) is 13.8 Å². The molecule has 2 bridgehead atoms. The summed E-state index contributed by atoms with van der Waals surface area (Å²) < 4.78 is 17.8. The van der Waals surface area contributed by atoms with Gasteiger partial charge in [-0.1, -0.05) is 0 Å². The molecule has 2 N–H and O–H groups in total. The van der Waals surface area contributed by atoms with Crippen LogP contribution in [0.3, 0.4) is 0 Å². The number of carbonyl (C=O) groups excluding carboxylic acids is 1. The van der Waals surface area contributed by atoms with Gasteiger partial charge in [0.05, 0.1) is 12.6 Å². The van der Waals surface area contributed by atoms with E-state index in [0.717, 1.165) is 0 Å². The van der Waals surface area contributed by atoms with E-state index in [1.807, 2.05) is 13.8 Å². The third-order valence-corrected chi connectivity index (χ3v) is 5.15. The summed E-state index contributed by atoms with van der Waals surface area (Å²) in [5.41, 5.74) is -0.919. The van der Waals surface area contributed by atoms with Gasteiger partial charge in [0.1, 0.15) is 23.2 Å². The fourth-order valence-electron chi connectivity index (χ4n) is 3.02. The van der Waals surface area contributed by atoms with Crippen molar-refractivity contribution in [2.45, 2.75) is 55.8 Å². The van der Waals surface area contributed by atoms with Gasteiger partial charge >= 0.3 is 0 Å². The van der Waals surface area contributed by atoms with Crippen molar-refractivity contribution in [2.75, 3.05) is 12.4 Å². The number of ether oxygens (including phenoxy) is 3. The number of carbonyl (C=O) groups is 1. The summed E-state index contributed by atoms with van der Waals surface area (Å²) >= 11 is 1.59. The van der Waals surface area contributed by atoms with E-state index in [1.165, 1.54) is 6.92 Å². The largest absolute Gasteiger partial charge is 0.393 e. The van der Waals surface area contributed by atoms with Crippen molar-refractivity contribution in [3.63, 3.8) is 0 Å². The highest BCUT2D eigenvalue weighted by atomic mass is 32.2. The Hall–Kier alpha value is -0.340. The van der Waals surface area contributed by atoms with E-state index in [9.17, 15) is 9.90 Å². The lowest BCUT2D eigenvalue weighted by Gasteiger charge is -2.42. The molecule has 0 aromatic carbocycles. The molecule has 1 amide bonds. The lowest BCUT2D eigenvalue weighted by molar-refractivity contribution is -0.192. The van der Waals surface area contributed by atoms with Crippen LogP contribution in [0.15, 0.2) is 0 Å². The van der Waals surface area contributed by atoms with E-state index in [1.54, 1.807) is 11.8 Å². The topological polar surface area (TPSA) is 77.0 Å². The van der Waals surface area contributed by atoms with E-state index in [4.69, 9.17) is 14.2 Å². The maximum Gasteiger partial charge on any atom is 0.217 e. The molecule has 0 aromatic heterocycles. The summed E-state index contributed by atoms with van der Waals surface area (Å²) in [5.74, 6) is -0.206. The first-order valence-electron chi connectivity index (χ1n) is 6.40. The number of hydrogen-bond donors (Lipinski definition) is 2. The van der Waals surface area contributed by atoms with Crippen LogP contribution in [0.4, 0.5) is 0 Å².